The van der Waals surface area contributed by atoms with Crippen molar-refractivity contribution in [3.8, 4) is 11.5 Å². The Kier molecular flexibility index (Phi) is 4.85. The molecular formula is C18H23N5O4S2. The van der Waals surface area contributed by atoms with Gasteiger partial charge in [0.05, 0.1) is 11.6 Å². The van der Waals surface area contributed by atoms with Crippen molar-refractivity contribution in [2.24, 2.45) is 0 Å². The van der Waals surface area contributed by atoms with Crippen molar-refractivity contribution >= 4 is 22.2 Å². The van der Waals surface area contributed by atoms with Gasteiger partial charge in [0.1, 0.15) is 19.5 Å². The van der Waals surface area contributed by atoms with Crippen molar-refractivity contribution in [1.29, 1.82) is 0 Å². The van der Waals surface area contributed by atoms with E-state index in [0.29, 0.717) is 63.6 Å². The number of fused-ring (bicyclic) bond motifs is 1. The zero-order valence-corrected chi connectivity index (χ0v) is 17.6. The summed E-state index contributed by atoms with van der Waals surface area (Å²) in [6.45, 7) is 3.58. The first-order valence-corrected chi connectivity index (χ1v) is 11.6. The van der Waals surface area contributed by atoms with Gasteiger partial charge < -0.3 is 14.0 Å². The van der Waals surface area contributed by atoms with Crippen LogP contribution < -0.4 is 9.47 Å². The summed E-state index contributed by atoms with van der Waals surface area (Å²) >= 11 is 5.51. The van der Waals surface area contributed by atoms with Gasteiger partial charge in [-0.25, -0.2) is 13.1 Å². The number of nitrogens with zero attached hydrogens (tertiary/aromatic N) is 5. The van der Waals surface area contributed by atoms with E-state index in [1.165, 1.54) is 4.31 Å². The average molecular weight is 438 g/mol. The summed E-state index contributed by atoms with van der Waals surface area (Å²) in [6, 6.07) is 5.30. The van der Waals surface area contributed by atoms with E-state index in [0.717, 1.165) is 17.6 Å². The van der Waals surface area contributed by atoms with Gasteiger partial charge in [-0.3, -0.25) is 4.90 Å². The van der Waals surface area contributed by atoms with E-state index in [4.69, 9.17) is 21.7 Å². The number of benzene rings is 1. The number of hydrogen-bond donors (Lipinski definition) is 0. The third-order valence-electron chi connectivity index (χ3n) is 5.51. The van der Waals surface area contributed by atoms with Crippen LogP contribution in [0.15, 0.2) is 29.4 Å². The lowest BCUT2D eigenvalue weighted by molar-refractivity contribution is 0.144. The summed E-state index contributed by atoms with van der Waals surface area (Å²) in [7, 11) is -3.57. The second-order valence-electron chi connectivity index (χ2n) is 7.52. The van der Waals surface area contributed by atoms with E-state index in [1.807, 2.05) is 11.0 Å². The molecule has 29 heavy (non-hydrogen) atoms. The van der Waals surface area contributed by atoms with Crippen molar-refractivity contribution in [3.63, 3.8) is 0 Å². The third kappa shape index (κ3) is 3.67. The smallest absolute Gasteiger partial charge is 0.243 e. The zero-order valence-electron chi connectivity index (χ0n) is 15.9. The fourth-order valence-electron chi connectivity index (χ4n) is 3.68. The number of rotatable bonds is 5. The maximum Gasteiger partial charge on any atom is 0.243 e. The van der Waals surface area contributed by atoms with Gasteiger partial charge in [0.15, 0.2) is 16.3 Å². The predicted octanol–water partition coefficient (Wildman–Crippen LogP) is 1.48. The van der Waals surface area contributed by atoms with Gasteiger partial charge in [-0.15, -0.1) is 0 Å². The van der Waals surface area contributed by atoms with Gasteiger partial charge >= 0.3 is 0 Å². The molecule has 3 aliphatic rings. The molecule has 2 aromatic rings. The van der Waals surface area contributed by atoms with Crippen LogP contribution in [0, 0.1) is 4.77 Å². The largest absolute Gasteiger partial charge is 0.486 e. The fourth-order valence-corrected chi connectivity index (χ4v) is 5.42. The molecule has 3 heterocycles. The molecule has 1 aliphatic carbocycles. The maximum atomic E-state index is 13.1. The molecule has 156 valence electrons. The Labute approximate surface area is 174 Å². The first-order valence-electron chi connectivity index (χ1n) is 9.78. The molecule has 11 heteroatoms. The second kappa shape index (κ2) is 7.38. The topological polar surface area (TPSA) is 81.8 Å². The van der Waals surface area contributed by atoms with Gasteiger partial charge in [-0.05, 0) is 37.2 Å². The highest BCUT2D eigenvalue weighted by Crippen LogP contribution is 2.35. The molecule has 1 saturated heterocycles. The van der Waals surface area contributed by atoms with Crippen LogP contribution in [-0.2, 0) is 16.7 Å². The normalized spacial score (nSPS) is 20.7. The molecule has 0 spiro atoms. The summed E-state index contributed by atoms with van der Waals surface area (Å²) in [5, 5.41) is 4.40. The number of aromatic nitrogens is 3. The van der Waals surface area contributed by atoms with Gasteiger partial charge in [0.25, 0.3) is 0 Å². The Balaban J connectivity index is 1.24. The van der Waals surface area contributed by atoms with Crippen LogP contribution in [0.4, 0.5) is 0 Å². The quantitative estimate of drug-likeness (QED) is 0.656. The van der Waals surface area contributed by atoms with E-state index >= 15 is 0 Å². The first-order chi connectivity index (χ1) is 14.0. The summed E-state index contributed by atoms with van der Waals surface area (Å²) < 4.78 is 43.2. The molecule has 0 unspecified atom stereocenters. The minimum atomic E-state index is -3.57. The molecule has 0 atom stereocenters. The lowest BCUT2D eigenvalue weighted by Crippen LogP contribution is -2.48. The summed E-state index contributed by atoms with van der Waals surface area (Å²) in [5.74, 6) is 1.07. The average Bonchev–Trinajstić information content (AvgIpc) is 3.52. The summed E-state index contributed by atoms with van der Waals surface area (Å²) in [6.07, 6.45) is 4.13. The Morgan fingerprint density at radius 2 is 1.79 bits per heavy atom. The summed E-state index contributed by atoms with van der Waals surface area (Å²) in [5.41, 5.74) is 0. The molecule has 2 aliphatic heterocycles. The third-order valence-corrected chi connectivity index (χ3v) is 7.83. The Morgan fingerprint density at radius 3 is 2.52 bits per heavy atom. The van der Waals surface area contributed by atoms with Crippen LogP contribution in [-0.4, -0.2) is 71.4 Å². The van der Waals surface area contributed by atoms with Crippen LogP contribution in [0.25, 0.3) is 0 Å². The molecule has 5 rings (SSSR count). The molecule has 0 radical (unpaired) electrons. The van der Waals surface area contributed by atoms with Crippen LogP contribution in [0.1, 0.15) is 18.9 Å². The molecule has 1 saturated carbocycles. The highest BCUT2D eigenvalue weighted by Gasteiger charge is 2.30. The summed E-state index contributed by atoms with van der Waals surface area (Å²) in [4.78, 5) is 2.41. The van der Waals surface area contributed by atoms with Crippen molar-refractivity contribution in [2.45, 2.75) is 30.4 Å². The van der Waals surface area contributed by atoms with Crippen LogP contribution in [0.2, 0.25) is 0 Å². The monoisotopic (exact) mass is 437 g/mol. The lowest BCUT2D eigenvalue weighted by Gasteiger charge is -2.33. The molecular weight excluding hydrogens is 414 g/mol. The van der Waals surface area contributed by atoms with Gasteiger partial charge in [0.2, 0.25) is 10.0 Å². The van der Waals surface area contributed by atoms with Gasteiger partial charge in [-0.1, -0.05) is 0 Å². The maximum absolute atomic E-state index is 13.1. The van der Waals surface area contributed by atoms with Crippen molar-refractivity contribution in [3.05, 3.63) is 29.3 Å². The minimum Gasteiger partial charge on any atom is -0.486 e. The van der Waals surface area contributed by atoms with Crippen LogP contribution >= 0.6 is 12.2 Å². The molecule has 0 bridgehead atoms. The Morgan fingerprint density at radius 1 is 1.07 bits per heavy atom. The minimum absolute atomic E-state index is 0.237. The number of hydrogen-bond acceptors (Lipinski definition) is 7. The molecule has 9 nitrogen and oxygen atoms in total. The number of sulfonamides is 1. The van der Waals surface area contributed by atoms with E-state index in [-0.39, 0.29) is 4.90 Å². The van der Waals surface area contributed by atoms with E-state index < -0.39 is 10.0 Å². The molecule has 0 amide bonds. The Bertz CT molecular complexity index is 1070. The highest BCUT2D eigenvalue weighted by atomic mass is 32.2. The first kappa shape index (κ1) is 19.0. The fraction of sp³-hybridized carbons (Fsp3) is 0.556. The number of ether oxygens (including phenoxy) is 2. The molecule has 0 N–H and O–H groups in total. The van der Waals surface area contributed by atoms with Crippen LogP contribution in [0.3, 0.4) is 0 Å². The van der Waals surface area contributed by atoms with Gasteiger partial charge in [0, 0.05) is 38.3 Å². The lowest BCUT2D eigenvalue weighted by atomic mass is 10.3. The van der Waals surface area contributed by atoms with Gasteiger partial charge in [-0.2, -0.15) is 9.40 Å². The van der Waals surface area contributed by atoms with Crippen molar-refractivity contribution in [2.75, 3.05) is 39.4 Å². The molecule has 1 aromatic heterocycles. The van der Waals surface area contributed by atoms with Crippen molar-refractivity contribution < 1.29 is 17.9 Å². The van der Waals surface area contributed by atoms with Crippen molar-refractivity contribution in [1.82, 2.24) is 23.6 Å². The zero-order chi connectivity index (χ0) is 20.0. The predicted molar refractivity (Wildman–Crippen MR) is 107 cm³/mol. The molecule has 2 fully saturated rings. The number of piperazine rings is 1. The standard InChI is InChI=1S/C18H23N5O4S2/c24-29(25,15-3-4-16-17(11-15)27-10-9-26-16)21-7-5-20(6-8-21)13-23-18(28)22(12-19-23)14-1-2-14/h3-4,11-12,14H,1-2,5-10,13H2. The highest BCUT2D eigenvalue weighted by molar-refractivity contribution is 7.89. The van der Waals surface area contributed by atoms with E-state index in [9.17, 15) is 8.42 Å². The Hall–Kier alpha value is -1.95. The van der Waals surface area contributed by atoms with E-state index in [2.05, 4.69) is 14.6 Å². The molecule has 1 aromatic carbocycles. The SMILES string of the molecule is O=S(=O)(c1ccc2c(c1)OCCO2)N1CCN(Cn2ncn(C3CC3)c2=S)CC1. The van der Waals surface area contributed by atoms with Crippen LogP contribution in [0.5, 0.6) is 11.5 Å². The second-order valence-corrected chi connectivity index (χ2v) is 9.82. The van der Waals surface area contributed by atoms with E-state index in [1.54, 1.807) is 18.2 Å².